The van der Waals surface area contributed by atoms with Crippen molar-refractivity contribution >= 4 is 11.9 Å². The first kappa shape index (κ1) is 11.4. The summed E-state index contributed by atoms with van der Waals surface area (Å²) >= 11 is 0. The third-order valence-corrected chi connectivity index (χ3v) is 0.520. The monoisotopic (exact) mass is 147 g/mol. The van der Waals surface area contributed by atoms with Gasteiger partial charge in [0, 0.05) is 12.2 Å². The third-order valence-electron chi connectivity index (χ3n) is 0.520. The van der Waals surface area contributed by atoms with Crippen LogP contribution in [0.15, 0.2) is 12.2 Å². The van der Waals surface area contributed by atoms with Crippen molar-refractivity contribution in [3.63, 3.8) is 0 Å². The van der Waals surface area contributed by atoms with Gasteiger partial charge in [0.25, 0.3) is 5.91 Å². The van der Waals surface area contributed by atoms with Crippen LogP contribution in [0.2, 0.25) is 0 Å². The van der Waals surface area contributed by atoms with Crippen molar-refractivity contribution < 1.29 is 14.7 Å². The molecule has 0 aromatic rings. The van der Waals surface area contributed by atoms with Gasteiger partial charge in [0.2, 0.25) is 0 Å². The summed E-state index contributed by atoms with van der Waals surface area (Å²) in [6.07, 6.45) is 1.52. The number of nitrogens with one attached hydrogen (secondary N) is 1. The van der Waals surface area contributed by atoms with Crippen molar-refractivity contribution in [2.75, 3.05) is 0 Å². The van der Waals surface area contributed by atoms with Gasteiger partial charge in [0.05, 0.1) is 0 Å². The van der Waals surface area contributed by atoms with Gasteiger partial charge >= 0.3 is 5.97 Å². The summed E-state index contributed by atoms with van der Waals surface area (Å²) in [6, 6.07) is 0. The second-order valence-corrected chi connectivity index (χ2v) is 1.18. The van der Waals surface area contributed by atoms with Crippen LogP contribution in [-0.2, 0) is 9.59 Å². The standard InChI is InChI=1S/C4H6N2O3.H3N/c5-6-3(7)1-2-4(8)9;/h1-2H,5H2,(H,6,7)(H,8,9);1H3. The largest absolute Gasteiger partial charge is 0.478 e. The lowest BCUT2D eigenvalue weighted by molar-refractivity contribution is -0.131. The predicted molar refractivity (Wildman–Crippen MR) is 34.1 cm³/mol. The highest BCUT2D eigenvalue weighted by molar-refractivity contribution is 5.93. The number of amides is 1. The predicted octanol–water partition coefficient (Wildman–Crippen LogP) is -1.22. The SMILES string of the molecule is N.NNC(=O)C=CC(=O)O. The zero-order valence-corrected chi connectivity index (χ0v) is 5.20. The Kier molecular flexibility index (Phi) is 6.54. The van der Waals surface area contributed by atoms with Gasteiger partial charge in [-0.15, -0.1) is 0 Å². The fourth-order valence-electron chi connectivity index (χ4n) is 0.195. The minimum absolute atomic E-state index is 0. The number of hydrogen-bond acceptors (Lipinski definition) is 4. The summed E-state index contributed by atoms with van der Waals surface area (Å²) in [5.74, 6) is 2.79. The number of nitrogens with two attached hydrogens (primary N) is 1. The molecule has 0 unspecified atom stereocenters. The first-order valence-electron chi connectivity index (χ1n) is 2.08. The highest BCUT2D eigenvalue weighted by atomic mass is 16.4. The highest BCUT2D eigenvalue weighted by Gasteiger charge is 1.90. The lowest BCUT2D eigenvalue weighted by atomic mass is 10.5. The van der Waals surface area contributed by atoms with Gasteiger partial charge in [-0.3, -0.25) is 10.2 Å². The minimum atomic E-state index is -1.18. The first-order chi connectivity index (χ1) is 4.16. The molecule has 7 N–H and O–H groups in total. The summed E-state index contributed by atoms with van der Waals surface area (Å²) in [5.41, 5.74) is 1.73. The van der Waals surface area contributed by atoms with Crippen molar-refractivity contribution in [2.45, 2.75) is 0 Å². The molecule has 0 atom stereocenters. The minimum Gasteiger partial charge on any atom is -0.478 e. The molecule has 0 fully saturated rings. The maximum Gasteiger partial charge on any atom is 0.328 e. The van der Waals surface area contributed by atoms with Crippen LogP contribution in [0.1, 0.15) is 0 Å². The molecule has 0 spiro atoms. The Morgan fingerprint density at radius 1 is 1.40 bits per heavy atom. The number of aliphatic carboxylic acids is 1. The molecule has 0 radical (unpaired) electrons. The van der Waals surface area contributed by atoms with E-state index < -0.39 is 11.9 Å². The average Bonchev–Trinajstić information content (AvgIpc) is 1.83. The highest BCUT2D eigenvalue weighted by Crippen LogP contribution is 1.70. The number of carbonyl (C=O) groups excluding carboxylic acids is 1. The van der Waals surface area contributed by atoms with Crippen LogP contribution in [0.25, 0.3) is 0 Å². The fourth-order valence-corrected chi connectivity index (χ4v) is 0.195. The molecule has 0 saturated carbocycles. The van der Waals surface area contributed by atoms with Gasteiger partial charge < -0.3 is 11.3 Å². The zero-order chi connectivity index (χ0) is 7.28. The van der Waals surface area contributed by atoms with Crippen LogP contribution in [-0.4, -0.2) is 17.0 Å². The molecule has 0 aliphatic rings. The van der Waals surface area contributed by atoms with Crippen LogP contribution >= 0.6 is 0 Å². The number of carboxylic acids is 1. The summed E-state index contributed by atoms with van der Waals surface area (Å²) < 4.78 is 0. The maximum absolute atomic E-state index is 10.1. The normalized spacial score (nSPS) is 8.50. The Balaban J connectivity index is 0. The van der Waals surface area contributed by atoms with E-state index in [1.54, 1.807) is 5.43 Å². The zero-order valence-electron chi connectivity index (χ0n) is 5.20. The van der Waals surface area contributed by atoms with Crippen molar-refractivity contribution in [2.24, 2.45) is 5.84 Å². The lowest BCUT2D eigenvalue weighted by Crippen LogP contribution is -2.28. The smallest absolute Gasteiger partial charge is 0.328 e. The topological polar surface area (TPSA) is 127 Å². The molecule has 0 heterocycles. The second kappa shape index (κ2) is 5.73. The maximum atomic E-state index is 10.1. The first-order valence-corrected chi connectivity index (χ1v) is 2.08. The van der Waals surface area contributed by atoms with E-state index >= 15 is 0 Å². The second-order valence-electron chi connectivity index (χ2n) is 1.18. The Morgan fingerprint density at radius 3 is 2.20 bits per heavy atom. The Morgan fingerprint density at radius 2 is 1.90 bits per heavy atom. The number of rotatable bonds is 2. The van der Waals surface area contributed by atoms with E-state index in [0.717, 1.165) is 6.08 Å². The Hall–Kier alpha value is -1.40. The van der Waals surface area contributed by atoms with Crippen molar-refractivity contribution in [1.29, 1.82) is 0 Å². The molecule has 0 aromatic heterocycles. The molecule has 0 aliphatic heterocycles. The Labute approximate surface area is 57.3 Å². The van der Waals surface area contributed by atoms with E-state index in [9.17, 15) is 9.59 Å². The lowest BCUT2D eigenvalue weighted by Gasteiger charge is -1.85. The van der Waals surface area contributed by atoms with Crippen LogP contribution in [0.5, 0.6) is 0 Å². The number of hydrazine groups is 1. The summed E-state index contributed by atoms with van der Waals surface area (Å²) in [7, 11) is 0. The molecular weight excluding hydrogens is 138 g/mol. The van der Waals surface area contributed by atoms with Crippen LogP contribution < -0.4 is 17.4 Å². The Bertz CT molecular complexity index is 154. The van der Waals surface area contributed by atoms with E-state index in [4.69, 9.17) is 5.11 Å². The van der Waals surface area contributed by atoms with E-state index in [-0.39, 0.29) is 6.15 Å². The summed E-state index contributed by atoms with van der Waals surface area (Å²) in [4.78, 5) is 19.8. The molecule has 58 valence electrons. The summed E-state index contributed by atoms with van der Waals surface area (Å²) in [5, 5.41) is 7.95. The van der Waals surface area contributed by atoms with Crippen LogP contribution in [0.4, 0.5) is 0 Å². The van der Waals surface area contributed by atoms with Crippen molar-refractivity contribution in [1.82, 2.24) is 11.6 Å². The molecule has 6 heteroatoms. The molecule has 6 nitrogen and oxygen atoms in total. The fraction of sp³-hybridized carbons (Fsp3) is 0. The molecule has 0 aromatic carbocycles. The van der Waals surface area contributed by atoms with E-state index in [1.807, 2.05) is 0 Å². The van der Waals surface area contributed by atoms with E-state index in [2.05, 4.69) is 5.84 Å². The molecule has 0 saturated heterocycles. The number of carbonyl (C=O) groups is 2. The van der Waals surface area contributed by atoms with Crippen LogP contribution in [0, 0.1) is 0 Å². The molecule has 0 bridgehead atoms. The quantitative estimate of drug-likeness (QED) is 0.168. The summed E-state index contributed by atoms with van der Waals surface area (Å²) in [6.45, 7) is 0. The number of hydrogen-bond donors (Lipinski definition) is 4. The van der Waals surface area contributed by atoms with Gasteiger partial charge in [-0.2, -0.15) is 0 Å². The van der Waals surface area contributed by atoms with Crippen molar-refractivity contribution in [3.05, 3.63) is 12.2 Å². The van der Waals surface area contributed by atoms with Gasteiger partial charge in [-0.1, -0.05) is 0 Å². The molecule has 0 aliphatic carbocycles. The van der Waals surface area contributed by atoms with Gasteiger partial charge in [-0.05, 0) is 0 Å². The van der Waals surface area contributed by atoms with Gasteiger partial charge in [-0.25, -0.2) is 10.6 Å². The average molecular weight is 147 g/mol. The van der Waals surface area contributed by atoms with Crippen molar-refractivity contribution in [3.8, 4) is 0 Å². The van der Waals surface area contributed by atoms with E-state index in [0.29, 0.717) is 6.08 Å². The van der Waals surface area contributed by atoms with Gasteiger partial charge in [0.15, 0.2) is 0 Å². The molecular formula is C4H9N3O3. The van der Waals surface area contributed by atoms with Gasteiger partial charge in [0.1, 0.15) is 0 Å². The molecule has 0 rings (SSSR count). The molecule has 1 amide bonds. The number of carboxylic acid groups (broad SMARTS) is 1. The van der Waals surface area contributed by atoms with Crippen LogP contribution in [0.3, 0.4) is 0 Å². The third kappa shape index (κ3) is 6.60. The van der Waals surface area contributed by atoms with E-state index in [1.165, 1.54) is 0 Å². The molecule has 10 heavy (non-hydrogen) atoms.